The first-order valence-electron chi connectivity index (χ1n) is 5.00. The molecule has 2 aromatic heterocycles. The van der Waals surface area contributed by atoms with Crippen LogP contribution >= 0.6 is 0 Å². The normalized spacial score (nSPS) is 11.9. The molecule has 0 fully saturated rings. The lowest BCUT2D eigenvalue weighted by molar-refractivity contribution is 0.0692. The smallest absolute Gasteiger partial charge is 0.340 e. The molecule has 0 bridgehead atoms. The third-order valence-corrected chi connectivity index (χ3v) is 4.12. The Kier molecular flexibility index (Phi) is 3.31. The lowest BCUT2D eigenvalue weighted by Gasteiger charge is -2.14. The third kappa shape index (κ3) is 2.46. The molecule has 0 spiro atoms. The van der Waals surface area contributed by atoms with Crippen molar-refractivity contribution in [2.75, 3.05) is 7.05 Å². The van der Waals surface area contributed by atoms with Gasteiger partial charge in [0.1, 0.15) is 17.7 Å². The van der Waals surface area contributed by atoms with E-state index in [4.69, 9.17) is 5.11 Å². The van der Waals surface area contributed by atoms with Crippen LogP contribution in [-0.4, -0.2) is 56.2 Å². The molecule has 0 unspecified atom stereocenters. The first-order chi connectivity index (χ1) is 8.93. The summed E-state index contributed by atoms with van der Waals surface area (Å²) in [5, 5.41) is 20.1. The first kappa shape index (κ1) is 13.2. The molecule has 0 radical (unpaired) electrons. The number of hydrogen-bond donors (Lipinski definition) is 3. The lowest BCUT2D eigenvalue weighted by Crippen LogP contribution is -2.28. The molecule has 0 aliphatic heterocycles. The minimum absolute atomic E-state index is 0.0690. The highest BCUT2D eigenvalue weighted by molar-refractivity contribution is 7.89. The molecule has 0 saturated carbocycles. The van der Waals surface area contributed by atoms with Gasteiger partial charge >= 0.3 is 5.97 Å². The monoisotopic (exact) mass is 286 g/mol. The average molecular weight is 286 g/mol. The maximum Gasteiger partial charge on any atom is 0.340 e. The van der Waals surface area contributed by atoms with Crippen molar-refractivity contribution in [1.82, 2.24) is 29.7 Å². The Balaban J connectivity index is 2.31. The molecule has 2 aromatic rings. The van der Waals surface area contributed by atoms with Crippen LogP contribution in [0.15, 0.2) is 17.6 Å². The van der Waals surface area contributed by atoms with Crippen LogP contribution in [0.1, 0.15) is 16.2 Å². The Morgan fingerprint density at radius 1 is 1.42 bits per heavy atom. The van der Waals surface area contributed by atoms with Gasteiger partial charge in [-0.25, -0.2) is 18.2 Å². The standard InChI is InChI=1S/C8H10N6O4S/c1-14(3-6-9-4-11-12-6)19(17,18)7-5(8(15)16)2-10-13-7/h2,4H,3H2,1H3,(H,10,13)(H,15,16)(H,9,11,12). The van der Waals surface area contributed by atoms with Gasteiger partial charge in [-0.05, 0) is 0 Å². The van der Waals surface area contributed by atoms with Gasteiger partial charge in [0.05, 0.1) is 12.7 Å². The summed E-state index contributed by atoms with van der Waals surface area (Å²) in [6.45, 7) is -0.0690. The van der Waals surface area contributed by atoms with Gasteiger partial charge in [0.25, 0.3) is 10.0 Å². The van der Waals surface area contributed by atoms with Crippen LogP contribution in [0.2, 0.25) is 0 Å². The summed E-state index contributed by atoms with van der Waals surface area (Å²) in [5.41, 5.74) is -0.413. The minimum atomic E-state index is -4.00. The van der Waals surface area contributed by atoms with Gasteiger partial charge in [-0.1, -0.05) is 0 Å². The van der Waals surface area contributed by atoms with E-state index in [1.807, 2.05) is 0 Å². The van der Waals surface area contributed by atoms with E-state index in [2.05, 4.69) is 25.4 Å². The summed E-state index contributed by atoms with van der Waals surface area (Å²) < 4.78 is 25.3. The van der Waals surface area contributed by atoms with E-state index in [-0.39, 0.29) is 6.54 Å². The molecule has 102 valence electrons. The minimum Gasteiger partial charge on any atom is -0.478 e. The first-order valence-corrected chi connectivity index (χ1v) is 6.44. The number of aromatic carboxylic acids is 1. The summed E-state index contributed by atoms with van der Waals surface area (Å²) in [5.74, 6) is -1.04. The molecule has 2 heterocycles. The van der Waals surface area contributed by atoms with Gasteiger partial charge in [-0.2, -0.15) is 14.5 Å². The van der Waals surface area contributed by atoms with Crippen molar-refractivity contribution in [3.05, 3.63) is 23.9 Å². The maximum atomic E-state index is 12.2. The van der Waals surface area contributed by atoms with Gasteiger partial charge in [0, 0.05) is 7.05 Å². The SMILES string of the molecule is CN(Cc1ncn[nH]1)S(=O)(=O)c1[nH]ncc1C(=O)O. The van der Waals surface area contributed by atoms with Crippen LogP contribution in [0.25, 0.3) is 0 Å². The number of carbonyl (C=O) groups is 1. The number of carboxylic acids is 1. The van der Waals surface area contributed by atoms with Crippen LogP contribution in [-0.2, 0) is 16.6 Å². The molecule has 0 saturated heterocycles. The molecule has 0 aromatic carbocycles. The van der Waals surface area contributed by atoms with Crippen LogP contribution in [0.3, 0.4) is 0 Å². The van der Waals surface area contributed by atoms with Gasteiger partial charge < -0.3 is 5.11 Å². The van der Waals surface area contributed by atoms with Crippen molar-refractivity contribution in [2.24, 2.45) is 0 Å². The van der Waals surface area contributed by atoms with E-state index in [0.717, 1.165) is 10.5 Å². The number of nitrogens with zero attached hydrogens (tertiary/aromatic N) is 4. The topological polar surface area (TPSA) is 145 Å². The fourth-order valence-electron chi connectivity index (χ4n) is 1.38. The Morgan fingerprint density at radius 2 is 2.16 bits per heavy atom. The van der Waals surface area contributed by atoms with Crippen molar-refractivity contribution >= 4 is 16.0 Å². The van der Waals surface area contributed by atoms with Crippen molar-refractivity contribution in [3.63, 3.8) is 0 Å². The van der Waals surface area contributed by atoms with Crippen molar-refractivity contribution in [1.29, 1.82) is 0 Å². The number of rotatable bonds is 5. The average Bonchev–Trinajstić information content (AvgIpc) is 2.98. The Labute approximate surface area is 107 Å². The van der Waals surface area contributed by atoms with Gasteiger partial charge in [0.15, 0.2) is 5.03 Å². The number of H-pyrrole nitrogens is 2. The molecule has 2 rings (SSSR count). The molecule has 0 aliphatic rings. The summed E-state index contributed by atoms with van der Waals surface area (Å²) in [6, 6.07) is 0. The van der Waals surface area contributed by atoms with Crippen LogP contribution in [0.4, 0.5) is 0 Å². The van der Waals surface area contributed by atoms with E-state index >= 15 is 0 Å². The Morgan fingerprint density at radius 3 is 2.74 bits per heavy atom. The predicted molar refractivity (Wildman–Crippen MR) is 60.6 cm³/mol. The van der Waals surface area contributed by atoms with Crippen LogP contribution in [0.5, 0.6) is 0 Å². The molecule has 11 heteroatoms. The number of hydrogen-bond acceptors (Lipinski definition) is 6. The fraction of sp³-hybridized carbons (Fsp3) is 0.250. The van der Waals surface area contributed by atoms with E-state index in [0.29, 0.717) is 5.82 Å². The number of aromatic amines is 2. The number of nitrogens with one attached hydrogen (secondary N) is 2. The van der Waals surface area contributed by atoms with Gasteiger partial charge in [0.2, 0.25) is 0 Å². The zero-order valence-corrected chi connectivity index (χ0v) is 10.5. The maximum absolute atomic E-state index is 12.2. The predicted octanol–water partition coefficient (Wildman–Crippen LogP) is -0.953. The van der Waals surface area contributed by atoms with Crippen molar-refractivity contribution < 1.29 is 18.3 Å². The largest absolute Gasteiger partial charge is 0.478 e. The molecular formula is C8H10N6O4S. The quantitative estimate of drug-likeness (QED) is 0.642. The summed E-state index contributed by atoms with van der Waals surface area (Å²) >= 11 is 0. The van der Waals surface area contributed by atoms with Crippen molar-refractivity contribution in [3.8, 4) is 0 Å². The third-order valence-electron chi connectivity index (χ3n) is 2.34. The summed E-state index contributed by atoms with van der Waals surface area (Å²) in [6.07, 6.45) is 2.19. The molecule has 3 N–H and O–H groups in total. The second-order valence-corrected chi connectivity index (χ2v) is 5.59. The molecule has 0 aliphatic carbocycles. The second-order valence-electron chi connectivity index (χ2n) is 3.61. The fourth-order valence-corrected chi connectivity index (χ4v) is 2.57. The summed E-state index contributed by atoms with van der Waals surface area (Å²) in [4.78, 5) is 14.7. The zero-order chi connectivity index (χ0) is 14.0. The molecule has 0 atom stereocenters. The highest BCUT2D eigenvalue weighted by Gasteiger charge is 2.29. The highest BCUT2D eigenvalue weighted by atomic mass is 32.2. The number of carboxylic acid groups (broad SMARTS) is 1. The highest BCUT2D eigenvalue weighted by Crippen LogP contribution is 2.17. The molecule has 0 amide bonds. The van der Waals surface area contributed by atoms with E-state index < -0.39 is 26.6 Å². The molecule has 19 heavy (non-hydrogen) atoms. The molecular weight excluding hydrogens is 276 g/mol. The van der Waals surface area contributed by atoms with E-state index in [1.165, 1.54) is 13.4 Å². The molecule has 10 nitrogen and oxygen atoms in total. The zero-order valence-electron chi connectivity index (χ0n) is 9.73. The van der Waals surface area contributed by atoms with Crippen molar-refractivity contribution in [2.45, 2.75) is 11.6 Å². The summed E-state index contributed by atoms with van der Waals surface area (Å²) in [7, 11) is -2.70. The van der Waals surface area contributed by atoms with Crippen LogP contribution in [0, 0.1) is 0 Å². The Bertz CT molecular complexity index is 676. The van der Waals surface area contributed by atoms with Gasteiger partial charge in [-0.15, -0.1) is 0 Å². The second kappa shape index (κ2) is 4.78. The van der Waals surface area contributed by atoms with Gasteiger partial charge in [-0.3, -0.25) is 10.2 Å². The Hall–Kier alpha value is -2.27. The number of sulfonamides is 1. The van der Waals surface area contributed by atoms with Crippen LogP contribution < -0.4 is 0 Å². The van der Waals surface area contributed by atoms with E-state index in [9.17, 15) is 13.2 Å². The number of aromatic nitrogens is 5. The van der Waals surface area contributed by atoms with E-state index in [1.54, 1.807) is 0 Å². The lowest BCUT2D eigenvalue weighted by atomic mass is 10.4.